The smallest absolute Gasteiger partial charge is 0.263 e. The van der Waals surface area contributed by atoms with Crippen LogP contribution in [0.4, 0.5) is 0 Å². The van der Waals surface area contributed by atoms with Crippen LogP contribution in [-0.4, -0.2) is 17.3 Å². The number of nitrogens with one attached hydrogen (secondary N) is 1. The van der Waals surface area contributed by atoms with Gasteiger partial charge in [-0.2, -0.15) is 0 Å². The average Bonchev–Trinajstić information content (AvgIpc) is 3.11. The number of amides is 1. The zero-order chi connectivity index (χ0) is 22.7. The van der Waals surface area contributed by atoms with Crippen molar-refractivity contribution in [3.63, 3.8) is 0 Å². The third kappa shape index (κ3) is 5.10. The van der Waals surface area contributed by atoms with E-state index in [1.165, 1.54) is 11.8 Å². The van der Waals surface area contributed by atoms with Gasteiger partial charge in [0.1, 0.15) is 10.9 Å². The monoisotopic (exact) mass is 501 g/mol. The lowest BCUT2D eigenvalue weighted by Gasteiger charge is -2.17. The van der Waals surface area contributed by atoms with Crippen molar-refractivity contribution in [3.05, 3.63) is 86.7 Å². The van der Waals surface area contributed by atoms with Gasteiger partial charge >= 0.3 is 0 Å². The van der Waals surface area contributed by atoms with Crippen molar-refractivity contribution in [1.82, 2.24) is 5.32 Å². The Morgan fingerprint density at radius 3 is 2.50 bits per heavy atom. The van der Waals surface area contributed by atoms with Crippen LogP contribution in [0.25, 0.3) is 17.2 Å². The normalized spacial score (nSPS) is 14.5. The van der Waals surface area contributed by atoms with Gasteiger partial charge in [0.25, 0.3) is 5.91 Å². The molecule has 1 saturated heterocycles. The van der Waals surface area contributed by atoms with Gasteiger partial charge in [-0.05, 0) is 47.0 Å². The molecule has 0 atom stereocenters. The molecule has 1 aliphatic rings. The predicted octanol–water partition coefficient (Wildman–Crippen LogP) is 6.74. The molecule has 4 rings (SSSR count). The lowest BCUT2D eigenvalue weighted by atomic mass is 10.0. The fourth-order valence-corrected chi connectivity index (χ4v) is 4.53. The van der Waals surface area contributed by atoms with Crippen LogP contribution in [0.2, 0.25) is 10.0 Å². The number of halogens is 2. The Balaban J connectivity index is 1.81. The van der Waals surface area contributed by atoms with E-state index in [9.17, 15) is 4.79 Å². The van der Waals surface area contributed by atoms with Gasteiger partial charge in [0.05, 0.1) is 22.1 Å². The molecule has 0 radical (unpaired) electrons. The van der Waals surface area contributed by atoms with Gasteiger partial charge in [0, 0.05) is 5.56 Å². The molecule has 8 heteroatoms. The van der Waals surface area contributed by atoms with Crippen molar-refractivity contribution in [1.29, 1.82) is 0 Å². The molecule has 3 aromatic rings. The third-order valence-corrected chi connectivity index (χ3v) is 6.60. The number of carbonyl (C=O) groups excluding carboxylic acids is 1. The van der Waals surface area contributed by atoms with Gasteiger partial charge in [-0.15, -0.1) is 0 Å². The fourth-order valence-electron chi connectivity index (χ4n) is 3.19. The quantitative estimate of drug-likeness (QED) is 0.299. The van der Waals surface area contributed by atoms with Gasteiger partial charge in [0.2, 0.25) is 0 Å². The number of hydrogen-bond donors (Lipinski definition) is 1. The fraction of sp³-hybridized carbons (Fsp3) is 0.0833. The van der Waals surface area contributed by atoms with E-state index in [0.717, 1.165) is 22.3 Å². The molecule has 0 aliphatic carbocycles. The summed E-state index contributed by atoms with van der Waals surface area (Å²) in [4.78, 5) is 12.6. The zero-order valence-corrected chi connectivity index (χ0v) is 20.0. The average molecular weight is 502 g/mol. The molecule has 1 amide bonds. The highest BCUT2D eigenvalue weighted by molar-refractivity contribution is 8.26. The predicted molar refractivity (Wildman–Crippen MR) is 136 cm³/mol. The van der Waals surface area contributed by atoms with Crippen LogP contribution in [0.1, 0.15) is 11.1 Å². The molecule has 1 fully saturated rings. The summed E-state index contributed by atoms with van der Waals surface area (Å²) in [5.74, 6) is 0.873. The number of benzene rings is 3. The van der Waals surface area contributed by atoms with Crippen molar-refractivity contribution < 1.29 is 14.3 Å². The lowest BCUT2D eigenvalue weighted by Crippen LogP contribution is -2.17. The van der Waals surface area contributed by atoms with Crippen LogP contribution in [0, 0.1) is 0 Å². The number of ether oxygens (including phenoxy) is 2. The Hall–Kier alpha value is -2.51. The zero-order valence-electron chi connectivity index (χ0n) is 16.9. The van der Waals surface area contributed by atoms with Crippen molar-refractivity contribution >= 4 is 63.5 Å². The molecule has 0 aromatic heterocycles. The number of carbonyl (C=O) groups is 1. The molecule has 0 spiro atoms. The molecule has 32 heavy (non-hydrogen) atoms. The lowest BCUT2D eigenvalue weighted by molar-refractivity contribution is -0.115. The summed E-state index contributed by atoms with van der Waals surface area (Å²) in [5.41, 5.74) is 3.35. The van der Waals surface area contributed by atoms with Crippen molar-refractivity contribution in [2.75, 3.05) is 7.11 Å². The van der Waals surface area contributed by atoms with Gasteiger partial charge in [-0.3, -0.25) is 4.79 Å². The Bertz CT molecular complexity index is 1230. The SMILES string of the molecule is COc1cc(C=C2SC(=S)NC2=O)cc(-c2ccc(Cl)c(Cl)c2)c1OCc1ccccc1. The largest absolute Gasteiger partial charge is 0.493 e. The van der Waals surface area contributed by atoms with E-state index in [1.807, 2.05) is 48.5 Å². The molecule has 1 aliphatic heterocycles. The van der Waals surface area contributed by atoms with E-state index in [4.69, 9.17) is 44.9 Å². The number of rotatable bonds is 6. The van der Waals surface area contributed by atoms with E-state index in [-0.39, 0.29) is 5.91 Å². The van der Waals surface area contributed by atoms with E-state index < -0.39 is 0 Å². The molecule has 4 nitrogen and oxygen atoms in total. The van der Waals surface area contributed by atoms with Crippen LogP contribution >= 0.6 is 47.2 Å². The maximum absolute atomic E-state index is 12.1. The third-order valence-electron chi connectivity index (χ3n) is 4.69. The van der Waals surface area contributed by atoms with E-state index >= 15 is 0 Å². The summed E-state index contributed by atoms with van der Waals surface area (Å²) in [7, 11) is 1.58. The standard InChI is InChI=1S/C24H17Cl2NO3S2/c1-29-20-10-15(11-21-23(28)27-24(31)32-21)9-17(16-7-8-18(25)19(26)12-16)22(20)30-13-14-5-3-2-4-6-14/h2-12H,13H2,1H3,(H,27,28,31). The summed E-state index contributed by atoms with van der Waals surface area (Å²) in [5, 5.41) is 3.51. The molecule has 0 bridgehead atoms. The maximum Gasteiger partial charge on any atom is 0.263 e. The highest BCUT2D eigenvalue weighted by atomic mass is 35.5. The van der Waals surface area contributed by atoms with E-state index in [2.05, 4.69) is 5.32 Å². The Kier molecular flexibility index (Phi) is 7.06. The number of thioether (sulfide) groups is 1. The first-order valence-corrected chi connectivity index (χ1v) is 11.5. The summed E-state index contributed by atoms with van der Waals surface area (Å²) in [6.45, 7) is 0.360. The molecule has 162 valence electrons. The van der Waals surface area contributed by atoms with Crippen molar-refractivity contribution in [2.45, 2.75) is 6.61 Å². The minimum atomic E-state index is -0.223. The van der Waals surface area contributed by atoms with E-state index in [0.29, 0.717) is 37.4 Å². The van der Waals surface area contributed by atoms with Gasteiger partial charge in [0.15, 0.2) is 11.5 Å². The van der Waals surface area contributed by atoms with Crippen LogP contribution in [-0.2, 0) is 11.4 Å². The number of thiocarbonyl (C=S) groups is 1. The summed E-state index contributed by atoms with van der Waals surface area (Å²) < 4.78 is 12.3. The second-order valence-electron chi connectivity index (χ2n) is 6.86. The number of hydrogen-bond acceptors (Lipinski definition) is 5. The van der Waals surface area contributed by atoms with Crippen LogP contribution in [0.5, 0.6) is 11.5 Å². The molecule has 1 heterocycles. The maximum atomic E-state index is 12.1. The molecule has 0 saturated carbocycles. The Labute approximate surface area is 205 Å². The molecule has 1 N–H and O–H groups in total. The minimum Gasteiger partial charge on any atom is -0.493 e. The highest BCUT2D eigenvalue weighted by Crippen LogP contribution is 2.42. The van der Waals surface area contributed by atoms with Crippen molar-refractivity contribution in [3.8, 4) is 22.6 Å². The van der Waals surface area contributed by atoms with Gasteiger partial charge < -0.3 is 14.8 Å². The Morgan fingerprint density at radius 1 is 1.06 bits per heavy atom. The first-order chi connectivity index (χ1) is 15.4. The molecular weight excluding hydrogens is 485 g/mol. The molecule has 0 unspecified atom stereocenters. The summed E-state index contributed by atoms with van der Waals surface area (Å²) in [6.07, 6.45) is 1.77. The van der Waals surface area contributed by atoms with Crippen molar-refractivity contribution in [2.24, 2.45) is 0 Å². The van der Waals surface area contributed by atoms with Crippen LogP contribution < -0.4 is 14.8 Å². The summed E-state index contributed by atoms with van der Waals surface area (Å²) >= 11 is 18.7. The first kappa shape index (κ1) is 22.7. The van der Waals surface area contributed by atoms with Gasteiger partial charge in [-0.1, -0.05) is 83.6 Å². The second kappa shape index (κ2) is 9.96. The van der Waals surface area contributed by atoms with Crippen LogP contribution in [0.15, 0.2) is 65.6 Å². The second-order valence-corrected chi connectivity index (χ2v) is 9.39. The summed E-state index contributed by atoms with van der Waals surface area (Å²) in [6, 6.07) is 19.0. The van der Waals surface area contributed by atoms with Gasteiger partial charge in [-0.25, -0.2) is 0 Å². The topological polar surface area (TPSA) is 47.6 Å². The minimum absolute atomic E-state index is 0.223. The molecule has 3 aromatic carbocycles. The highest BCUT2D eigenvalue weighted by Gasteiger charge is 2.23. The molecular formula is C24H17Cl2NO3S2. The Morgan fingerprint density at radius 2 is 1.84 bits per heavy atom. The first-order valence-electron chi connectivity index (χ1n) is 9.53. The van der Waals surface area contributed by atoms with Crippen LogP contribution in [0.3, 0.4) is 0 Å². The number of methoxy groups -OCH3 is 1. The van der Waals surface area contributed by atoms with E-state index in [1.54, 1.807) is 25.3 Å².